The Morgan fingerprint density at radius 2 is 1.93 bits per heavy atom. The highest BCUT2D eigenvalue weighted by Crippen LogP contribution is 2.25. The largest absolute Gasteiger partial charge is 0.497 e. The second-order valence-corrected chi connectivity index (χ2v) is 6.32. The first-order valence-electron chi connectivity index (χ1n) is 8.84. The number of aromatic amines is 1. The minimum atomic E-state index is 0.666. The van der Waals surface area contributed by atoms with Gasteiger partial charge in [-0.1, -0.05) is 18.2 Å². The van der Waals surface area contributed by atoms with Crippen molar-refractivity contribution in [2.45, 2.75) is 13.1 Å². The van der Waals surface area contributed by atoms with Crippen LogP contribution in [0.5, 0.6) is 11.5 Å². The van der Waals surface area contributed by atoms with Crippen LogP contribution in [0.2, 0.25) is 0 Å². The van der Waals surface area contributed by atoms with Gasteiger partial charge in [0.05, 0.1) is 20.8 Å². The Balaban J connectivity index is 1.66. The number of aliphatic imine (C=N–C) groups is 1. The summed E-state index contributed by atoms with van der Waals surface area (Å²) in [6.45, 7) is 1.34. The normalized spacial score (nSPS) is 11.5. The summed E-state index contributed by atoms with van der Waals surface area (Å²) in [4.78, 5) is 9.88. The highest BCUT2D eigenvalue weighted by atomic mass is 16.5. The molecule has 0 aliphatic heterocycles. The van der Waals surface area contributed by atoms with Crippen LogP contribution < -0.4 is 14.8 Å². The summed E-state index contributed by atoms with van der Waals surface area (Å²) in [6.07, 6.45) is 0. The molecule has 27 heavy (non-hydrogen) atoms. The zero-order valence-corrected chi connectivity index (χ0v) is 16.2. The number of nitrogens with one attached hydrogen (secondary N) is 2. The van der Waals surface area contributed by atoms with Gasteiger partial charge < -0.3 is 24.7 Å². The lowest BCUT2D eigenvalue weighted by atomic mass is 10.2. The van der Waals surface area contributed by atoms with Gasteiger partial charge in [-0.25, -0.2) is 0 Å². The van der Waals surface area contributed by atoms with Crippen molar-refractivity contribution in [3.05, 3.63) is 59.8 Å². The summed E-state index contributed by atoms with van der Waals surface area (Å²) in [5.74, 6) is 2.39. The van der Waals surface area contributed by atoms with Gasteiger partial charge in [0.25, 0.3) is 0 Å². The first-order chi connectivity index (χ1) is 13.1. The molecule has 0 aliphatic carbocycles. The van der Waals surface area contributed by atoms with Crippen molar-refractivity contribution >= 4 is 16.9 Å². The van der Waals surface area contributed by atoms with Crippen LogP contribution in [0, 0.1) is 0 Å². The van der Waals surface area contributed by atoms with Crippen LogP contribution in [0.15, 0.2) is 53.5 Å². The van der Waals surface area contributed by atoms with Crippen LogP contribution >= 0.6 is 0 Å². The maximum absolute atomic E-state index is 5.49. The van der Waals surface area contributed by atoms with Crippen LogP contribution in [0.3, 0.4) is 0 Å². The number of hydrogen-bond donors (Lipinski definition) is 2. The van der Waals surface area contributed by atoms with E-state index in [2.05, 4.69) is 38.4 Å². The lowest BCUT2D eigenvalue weighted by Crippen LogP contribution is -2.38. The van der Waals surface area contributed by atoms with Gasteiger partial charge >= 0.3 is 0 Å². The quantitative estimate of drug-likeness (QED) is 0.519. The van der Waals surface area contributed by atoms with Crippen molar-refractivity contribution in [3.8, 4) is 11.5 Å². The average molecular weight is 366 g/mol. The Labute approximate surface area is 159 Å². The second-order valence-electron chi connectivity index (χ2n) is 6.32. The Morgan fingerprint density at radius 3 is 2.63 bits per heavy atom. The van der Waals surface area contributed by atoms with Crippen LogP contribution in [0.4, 0.5) is 0 Å². The smallest absolute Gasteiger partial charge is 0.194 e. The number of nitrogens with zero attached hydrogens (tertiary/aromatic N) is 2. The molecule has 6 heteroatoms. The van der Waals surface area contributed by atoms with E-state index in [1.54, 1.807) is 21.3 Å². The molecule has 0 fully saturated rings. The first kappa shape index (κ1) is 18.6. The predicted molar refractivity (Wildman–Crippen MR) is 110 cm³/mol. The molecule has 0 bridgehead atoms. The third kappa shape index (κ3) is 4.34. The summed E-state index contributed by atoms with van der Waals surface area (Å²) >= 11 is 0. The topological polar surface area (TPSA) is 61.9 Å². The average Bonchev–Trinajstić information content (AvgIpc) is 3.11. The van der Waals surface area contributed by atoms with Crippen molar-refractivity contribution in [1.29, 1.82) is 0 Å². The summed E-state index contributed by atoms with van der Waals surface area (Å²) in [6, 6.07) is 16.3. The molecule has 6 nitrogen and oxygen atoms in total. The summed E-state index contributed by atoms with van der Waals surface area (Å²) in [7, 11) is 7.11. The molecular weight excluding hydrogens is 340 g/mol. The van der Waals surface area contributed by atoms with E-state index < -0.39 is 0 Å². The molecule has 2 aromatic carbocycles. The van der Waals surface area contributed by atoms with Gasteiger partial charge in [0.15, 0.2) is 5.96 Å². The molecule has 0 spiro atoms. The molecule has 0 unspecified atom stereocenters. The van der Waals surface area contributed by atoms with E-state index in [-0.39, 0.29) is 0 Å². The standard InChI is InChI=1S/C21H26N4O2/c1-22-21(23-13-17-11-15-7-5-6-8-19(15)24-17)25(2)14-16-9-10-18(26-3)12-20(16)27-4/h5-12,24H,13-14H2,1-4H3,(H,22,23). The SMILES string of the molecule is CN=C(NCc1cc2ccccc2[nH]1)N(C)Cc1ccc(OC)cc1OC. The fourth-order valence-electron chi connectivity index (χ4n) is 3.10. The highest BCUT2D eigenvalue weighted by molar-refractivity contribution is 5.81. The Kier molecular flexibility index (Phi) is 5.86. The fourth-order valence-corrected chi connectivity index (χ4v) is 3.10. The maximum Gasteiger partial charge on any atom is 0.194 e. The van der Waals surface area contributed by atoms with Crippen molar-refractivity contribution < 1.29 is 9.47 Å². The summed E-state index contributed by atoms with van der Waals surface area (Å²) in [5, 5.41) is 4.61. The van der Waals surface area contributed by atoms with E-state index in [0.29, 0.717) is 13.1 Å². The minimum Gasteiger partial charge on any atom is -0.497 e. The molecule has 0 aliphatic rings. The van der Waals surface area contributed by atoms with E-state index in [4.69, 9.17) is 9.47 Å². The monoisotopic (exact) mass is 366 g/mol. The Bertz CT molecular complexity index is 900. The van der Waals surface area contributed by atoms with E-state index >= 15 is 0 Å². The van der Waals surface area contributed by atoms with E-state index in [1.165, 1.54) is 5.39 Å². The molecular formula is C21H26N4O2. The number of guanidine groups is 1. The van der Waals surface area contributed by atoms with E-state index in [0.717, 1.165) is 34.2 Å². The van der Waals surface area contributed by atoms with Crippen LogP contribution in [0.25, 0.3) is 10.9 Å². The molecule has 1 aromatic heterocycles. The van der Waals surface area contributed by atoms with Crippen molar-refractivity contribution in [2.75, 3.05) is 28.3 Å². The van der Waals surface area contributed by atoms with Gasteiger partial charge in [-0.2, -0.15) is 0 Å². The molecule has 3 aromatic rings. The maximum atomic E-state index is 5.49. The Hall–Kier alpha value is -3.15. The third-order valence-electron chi connectivity index (χ3n) is 4.50. The number of para-hydroxylation sites is 1. The zero-order valence-electron chi connectivity index (χ0n) is 16.2. The number of benzene rings is 2. The number of methoxy groups -OCH3 is 2. The predicted octanol–water partition coefficient (Wildman–Crippen LogP) is 3.39. The lowest BCUT2D eigenvalue weighted by Gasteiger charge is -2.23. The van der Waals surface area contributed by atoms with Gasteiger partial charge in [-0.15, -0.1) is 0 Å². The number of aromatic nitrogens is 1. The zero-order chi connectivity index (χ0) is 19.2. The molecule has 0 saturated heterocycles. The van der Waals surface area contributed by atoms with Gasteiger partial charge in [0.1, 0.15) is 11.5 Å². The molecule has 0 atom stereocenters. The van der Waals surface area contributed by atoms with Gasteiger partial charge in [-0.05, 0) is 29.7 Å². The van der Waals surface area contributed by atoms with Crippen molar-refractivity contribution in [3.63, 3.8) is 0 Å². The molecule has 0 saturated carbocycles. The number of rotatable bonds is 6. The van der Waals surface area contributed by atoms with Crippen LogP contribution in [0.1, 0.15) is 11.3 Å². The van der Waals surface area contributed by atoms with Gasteiger partial charge in [0, 0.05) is 43.5 Å². The summed E-state index contributed by atoms with van der Waals surface area (Å²) in [5.41, 5.74) is 3.32. The number of H-pyrrole nitrogens is 1. The third-order valence-corrected chi connectivity index (χ3v) is 4.50. The van der Waals surface area contributed by atoms with Crippen molar-refractivity contribution in [2.24, 2.45) is 4.99 Å². The van der Waals surface area contributed by atoms with Gasteiger partial charge in [-0.3, -0.25) is 4.99 Å². The lowest BCUT2D eigenvalue weighted by molar-refractivity contribution is 0.382. The van der Waals surface area contributed by atoms with E-state index in [1.807, 2.05) is 37.4 Å². The number of hydrogen-bond acceptors (Lipinski definition) is 3. The highest BCUT2D eigenvalue weighted by Gasteiger charge is 2.11. The molecule has 1 heterocycles. The number of fused-ring (bicyclic) bond motifs is 1. The molecule has 0 radical (unpaired) electrons. The van der Waals surface area contributed by atoms with Crippen LogP contribution in [-0.2, 0) is 13.1 Å². The molecule has 0 amide bonds. The minimum absolute atomic E-state index is 0.666. The number of ether oxygens (including phenoxy) is 2. The molecule has 142 valence electrons. The molecule has 3 rings (SSSR count). The van der Waals surface area contributed by atoms with E-state index in [9.17, 15) is 0 Å². The summed E-state index contributed by atoms with van der Waals surface area (Å²) < 4.78 is 10.8. The first-order valence-corrected chi connectivity index (χ1v) is 8.84. The second kappa shape index (κ2) is 8.49. The Morgan fingerprint density at radius 1 is 1.11 bits per heavy atom. The van der Waals surface area contributed by atoms with Gasteiger partial charge in [0.2, 0.25) is 0 Å². The van der Waals surface area contributed by atoms with Crippen molar-refractivity contribution in [1.82, 2.24) is 15.2 Å². The fraction of sp³-hybridized carbons (Fsp3) is 0.286. The van der Waals surface area contributed by atoms with Crippen LogP contribution in [-0.4, -0.2) is 44.2 Å². The molecule has 2 N–H and O–H groups in total.